The third-order valence-electron chi connectivity index (χ3n) is 8.41. The van der Waals surface area contributed by atoms with E-state index in [1.807, 2.05) is 41.8 Å². The molecule has 3 aliphatic heterocycles. The highest BCUT2D eigenvalue weighted by molar-refractivity contribution is 5.97. The van der Waals surface area contributed by atoms with Gasteiger partial charge in [0.2, 0.25) is 0 Å². The monoisotopic (exact) mass is 469 g/mol. The van der Waals surface area contributed by atoms with Crippen molar-refractivity contribution in [2.24, 2.45) is 0 Å². The lowest BCUT2D eigenvalue weighted by Crippen LogP contribution is -2.56. The third kappa shape index (κ3) is 4.84. The van der Waals surface area contributed by atoms with Crippen LogP contribution in [0.25, 0.3) is 0 Å². The molecule has 1 aromatic carbocycles. The molecular weight excluding hydrogens is 426 g/mol. The average molecular weight is 470 g/mol. The van der Waals surface area contributed by atoms with E-state index in [2.05, 4.69) is 18.7 Å². The number of unbranched alkanes of at least 4 members (excludes halogenated alkanes) is 1. The van der Waals surface area contributed by atoms with E-state index in [4.69, 9.17) is 4.74 Å². The van der Waals surface area contributed by atoms with E-state index in [1.54, 1.807) is 0 Å². The second-order valence-corrected chi connectivity index (χ2v) is 10.6. The molecule has 6 heteroatoms. The molecule has 6 nitrogen and oxygen atoms in total. The number of rotatable bonds is 7. The topological polar surface area (TPSA) is 53.1 Å². The van der Waals surface area contributed by atoms with E-state index in [-0.39, 0.29) is 23.6 Å². The molecular formula is C28H43N3O3. The molecule has 1 unspecified atom stereocenters. The number of carbonyl (C=O) groups is 2. The Morgan fingerprint density at radius 3 is 2.26 bits per heavy atom. The number of ether oxygens (including phenoxy) is 1. The summed E-state index contributed by atoms with van der Waals surface area (Å²) in [5.74, 6) is 0.180. The van der Waals surface area contributed by atoms with Gasteiger partial charge in [-0.05, 0) is 50.7 Å². The zero-order chi connectivity index (χ0) is 24.3. The molecule has 3 saturated heterocycles. The van der Waals surface area contributed by atoms with Gasteiger partial charge < -0.3 is 14.5 Å². The molecule has 4 rings (SSSR count). The molecule has 3 heterocycles. The number of benzene rings is 1. The molecule has 3 fully saturated rings. The minimum absolute atomic E-state index is 0.102. The molecule has 0 radical (unpaired) electrons. The van der Waals surface area contributed by atoms with Crippen LogP contribution < -0.4 is 0 Å². The Balaban J connectivity index is 1.34. The normalized spacial score (nSPS) is 23.5. The quantitative estimate of drug-likeness (QED) is 0.553. The largest absolute Gasteiger partial charge is 0.440 e. The molecule has 2 amide bonds. The molecule has 188 valence electrons. The van der Waals surface area contributed by atoms with Crippen LogP contribution in [0.3, 0.4) is 0 Å². The summed E-state index contributed by atoms with van der Waals surface area (Å²) >= 11 is 0. The molecule has 0 aliphatic carbocycles. The molecule has 0 N–H and O–H groups in total. The van der Waals surface area contributed by atoms with Gasteiger partial charge in [0.1, 0.15) is 5.60 Å². The Bertz CT molecular complexity index is 849. The number of nitrogens with zero attached hydrogens (tertiary/aromatic N) is 3. The Labute approximate surface area is 205 Å². The number of likely N-dealkylation sites (tertiary alicyclic amines) is 2. The van der Waals surface area contributed by atoms with Crippen LogP contribution in [-0.4, -0.2) is 77.1 Å². The van der Waals surface area contributed by atoms with Crippen LogP contribution in [0, 0.1) is 13.8 Å². The average Bonchev–Trinajstić information content (AvgIpc) is 3.08. The number of hydrogen-bond acceptors (Lipinski definition) is 4. The van der Waals surface area contributed by atoms with Gasteiger partial charge >= 0.3 is 6.09 Å². The third-order valence-corrected chi connectivity index (χ3v) is 8.41. The Morgan fingerprint density at radius 1 is 1.03 bits per heavy atom. The van der Waals surface area contributed by atoms with Crippen molar-refractivity contribution in [1.82, 2.24) is 14.7 Å². The highest BCUT2D eigenvalue weighted by atomic mass is 16.6. The first-order chi connectivity index (χ1) is 16.4. The predicted octanol–water partition coefficient (Wildman–Crippen LogP) is 5.16. The molecule has 1 atom stereocenters. The summed E-state index contributed by atoms with van der Waals surface area (Å²) in [6.45, 7) is 12.8. The fourth-order valence-electron chi connectivity index (χ4n) is 6.46. The fraction of sp³-hybridized carbons (Fsp3) is 0.714. The molecule has 0 bridgehead atoms. The van der Waals surface area contributed by atoms with Crippen LogP contribution in [0.4, 0.5) is 4.79 Å². The number of aryl methyl sites for hydroxylation is 2. The first kappa shape index (κ1) is 25.0. The number of hydrogen-bond donors (Lipinski definition) is 0. The molecule has 3 aliphatic rings. The van der Waals surface area contributed by atoms with Gasteiger partial charge in [0.15, 0.2) is 0 Å². The smallest absolute Gasteiger partial charge is 0.410 e. The molecule has 1 spiro atoms. The maximum Gasteiger partial charge on any atom is 0.410 e. The van der Waals surface area contributed by atoms with Gasteiger partial charge in [-0.25, -0.2) is 4.79 Å². The summed E-state index contributed by atoms with van der Waals surface area (Å²) in [5, 5.41) is 0. The Kier molecular flexibility index (Phi) is 7.86. The summed E-state index contributed by atoms with van der Waals surface area (Å²) in [6, 6.07) is 6.81. The van der Waals surface area contributed by atoms with Crippen molar-refractivity contribution in [1.29, 1.82) is 0 Å². The molecule has 0 aromatic heterocycles. The van der Waals surface area contributed by atoms with Crippen LogP contribution in [0.15, 0.2) is 18.2 Å². The second-order valence-electron chi connectivity index (χ2n) is 10.6. The standard InChI is InChI=1S/C28H43N3O3/c1-5-7-11-24-28(34-27(33)31(24)16-6-2)14-19-29(20-15-28)23-12-17-30(18-13-23)26(32)25-21(3)9-8-10-22(25)4/h8-10,23-24H,5-7,11-20H2,1-4H3. The van der Waals surface area contributed by atoms with Gasteiger partial charge in [0, 0.05) is 57.2 Å². The van der Waals surface area contributed by atoms with Gasteiger partial charge in [-0.1, -0.05) is 44.9 Å². The van der Waals surface area contributed by atoms with Gasteiger partial charge in [-0.3, -0.25) is 9.69 Å². The minimum Gasteiger partial charge on any atom is -0.440 e. The SMILES string of the molecule is CCCCC1N(CCC)C(=O)OC12CCN(C1CCN(C(=O)c3c(C)cccc3C)CC1)CC2. The van der Waals surface area contributed by atoms with E-state index >= 15 is 0 Å². The number of amides is 2. The van der Waals surface area contributed by atoms with Gasteiger partial charge in [-0.2, -0.15) is 0 Å². The van der Waals surface area contributed by atoms with Crippen molar-refractivity contribution in [2.45, 2.75) is 96.7 Å². The van der Waals surface area contributed by atoms with Crippen molar-refractivity contribution >= 4 is 12.0 Å². The van der Waals surface area contributed by atoms with E-state index in [9.17, 15) is 9.59 Å². The summed E-state index contributed by atoms with van der Waals surface area (Å²) in [6.07, 6.45) is 8.08. The predicted molar refractivity (Wildman–Crippen MR) is 135 cm³/mol. The van der Waals surface area contributed by atoms with Gasteiger partial charge in [0.25, 0.3) is 5.91 Å². The van der Waals surface area contributed by atoms with Gasteiger partial charge in [0.05, 0.1) is 6.04 Å². The van der Waals surface area contributed by atoms with E-state index in [0.717, 1.165) is 101 Å². The van der Waals surface area contributed by atoms with E-state index in [0.29, 0.717) is 6.04 Å². The van der Waals surface area contributed by atoms with Crippen LogP contribution in [0.5, 0.6) is 0 Å². The second kappa shape index (κ2) is 10.7. The minimum atomic E-state index is -0.309. The lowest BCUT2D eigenvalue weighted by Gasteiger charge is -2.46. The van der Waals surface area contributed by atoms with Crippen LogP contribution in [0.2, 0.25) is 0 Å². The highest BCUT2D eigenvalue weighted by Gasteiger charge is 2.54. The number of piperidine rings is 2. The summed E-state index contributed by atoms with van der Waals surface area (Å²) in [7, 11) is 0. The van der Waals surface area contributed by atoms with Crippen LogP contribution in [0.1, 0.15) is 86.7 Å². The lowest BCUT2D eigenvalue weighted by molar-refractivity contribution is -0.0381. The fourth-order valence-corrected chi connectivity index (χ4v) is 6.46. The molecule has 0 saturated carbocycles. The zero-order valence-electron chi connectivity index (χ0n) is 21.6. The van der Waals surface area contributed by atoms with Gasteiger partial charge in [-0.15, -0.1) is 0 Å². The molecule has 1 aromatic rings. The zero-order valence-corrected chi connectivity index (χ0v) is 21.6. The highest BCUT2D eigenvalue weighted by Crippen LogP contribution is 2.41. The Hall–Kier alpha value is -2.08. The first-order valence-electron chi connectivity index (χ1n) is 13.5. The van der Waals surface area contributed by atoms with E-state index in [1.165, 1.54) is 0 Å². The van der Waals surface area contributed by atoms with Crippen molar-refractivity contribution < 1.29 is 14.3 Å². The Morgan fingerprint density at radius 2 is 1.68 bits per heavy atom. The number of carbonyl (C=O) groups excluding carboxylic acids is 2. The maximum absolute atomic E-state index is 13.2. The lowest BCUT2D eigenvalue weighted by atomic mass is 9.81. The van der Waals surface area contributed by atoms with Crippen LogP contribution >= 0.6 is 0 Å². The summed E-state index contributed by atoms with van der Waals surface area (Å²) in [4.78, 5) is 32.6. The van der Waals surface area contributed by atoms with Crippen molar-refractivity contribution in [3.05, 3.63) is 34.9 Å². The first-order valence-corrected chi connectivity index (χ1v) is 13.5. The maximum atomic E-state index is 13.2. The summed E-state index contributed by atoms with van der Waals surface area (Å²) in [5.41, 5.74) is 2.69. The van der Waals surface area contributed by atoms with Crippen molar-refractivity contribution in [3.8, 4) is 0 Å². The van der Waals surface area contributed by atoms with Crippen molar-refractivity contribution in [2.75, 3.05) is 32.7 Å². The van der Waals surface area contributed by atoms with Crippen molar-refractivity contribution in [3.63, 3.8) is 0 Å². The molecule has 34 heavy (non-hydrogen) atoms. The van der Waals surface area contributed by atoms with Crippen LogP contribution in [-0.2, 0) is 4.74 Å². The van der Waals surface area contributed by atoms with E-state index < -0.39 is 0 Å². The summed E-state index contributed by atoms with van der Waals surface area (Å²) < 4.78 is 6.13.